The highest BCUT2D eigenvalue weighted by Gasteiger charge is 2.28. The summed E-state index contributed by atoms with van der Waals surface area (Å²) >= 11 is 0. The van der Waals surface area contributed by atoms with E-state index in [1.54, 1.807) is 0 Å². The molecule has 17 heavy (non-hydrogen) atoms. The fourth-order valence-electron chi connectivity index (χ4n) is 2.86. The fourth-order valence-corrected chi connectivity index (χ4v) is 2.86. The molecule has 1 aromatic heterocycles. The summed E-state index contributed by atoms with van der Waals surface area (Å²) in [7, 11) is 0. The van der Waals surface area contributed by atoms with Crippen molar-refractivity contribution in [1.29, 1.82) is 0 Å². The first-order valence-corrected chi connectivity index (χ1v) is 6.85. The molecular formula is C15H24N2. The molecular weight excluding hydrogens is 208 g/mol. The molecule has 1 aromatic rings. The van der Waals surface area contributed by atoms with Gasteiger partial charge in [0.25, 0.3) is 0 Å². The molecule has 1 aliphatic rings. The first-order valence-electron chi connectivity index (χ1n) is 6.85. The highest BCUT2D eigenvalue weighted by molar-refractivity contribution is 5.08. The number of aromatic nitrogens is 1. The topological polar surface area (TPSA) is 24.9 Å². The zero-order chi connectivity index (χ0) is 12.3. The van der Waals surface area contributed by atoms with E-state index in [2.05, 4.69) is 43.2 Å². The smallest absolute Gasteiger partial charge is 0.0570 e. The third-order valence-electron chi connectivity index (χ3n) is 4.30. The first kappa shape index (κ1) is 12.6. The second-order valence-electron chi connectivity index (χ2n) is 5.52. The summed E-state index contributed by atoms with van der Waals surface area (Å²) in [5, 5.41) is 3.75. The Kier molecular flexibility index (Phi) is 4.16. The summed E-state index contributed by atoms with van der Waals surface area (Å²) in [5.74, 6) is 1.62. The molecule has 0 spiro atoms. The standard InChI is InChI=1S/C15H24N2/c1-11-7-6-9-14(12(11)2)17-13(3)15-8-4-5-10-16-15/h4-5,8,10-14,17H,6-7,9H2,1-3H3/t11?,12?,13-,14?/m0/s1. The van der Waals surface area contributed by atoms with Crippen LogP contribution in [0.4, 0.5) is 0 Å². The van der Waals surface area contributed by atoms with E-state index in [4.69, 9.17) is 0 Å². The van der Waals surface area contributed by atoms with Gasteiger partial charge < -0.3 is 5.32 Å². The number of pyridine rings is 1. The van der Waals surface area contributed by atoms with Gasteiger partial charge in [-0.1, -0.05) is 32.8 Å². The Hall–Kier alpha value is -0.890. The van der Waals surface area contributed by atoms with Gasteiger partial charge in [-0.3, -0.25) is 4.98 Å². The second-order valence-corrected chi connectivity index (χ2v) is 5.52. The second kappa shape index (κ2) is 5.63. The van der Waals surface area contributed by atoms with E-state index in [-0.39, 0.29) is 0 Å². The third-order valence-corrected chi connectivity index (χ3v) is 4.30. The lowest BCUT2D eigenvalue weighted by Crippen LogP contribution is -2.41. The van der Waals surface area contributed by atoms with E-state index in [9.17, 15) is 0 Å². The maximum Gasteiger partial charge on any atom is 0.0570 e. The normalized spacial score (nSPS) is 31.1. The maximum atomic E-state index is 4.43. The van der Waals surface area contributed by atoms with E-state index < -0.39 is 0 Å². The van der Waals surface area contributed by atoms with Crippen molar-refractivity contribution in [3.63, 3.8) is 0 Å². The van der Waals surface area contributed by atoms with Gasteiger partial charge in [-0.15, -0.1) is 0 Å². The fraction of sp³-hybridized carbons (Fsp3) is 0.667. The monoisotopic (exact) mass is 232 g/mol. The average Bonchev–Trinajstić information content (AvgIpc) is 2.36. The SMILES string of the molecule is CC1CCCC(N[C@@H](C)c2ccccn2)C1C. The molecule has 0 bridgehead atoms. The number of nitrogens with one attached hydrogen (secondary N) is 1. The summed E-state index contributed by atoms with van der Waals surface area (Å²) < 4.78 is 0. The minimum Gasteiger partial charge on any atom is -0.306 e. The molecule has 0 radical (unpaired) electrons. The molecule has 0 amide bonds. The molecule has 0 aromatic carbocycles. The zero-order valence-electron chi connectivity index (χ0n) is 11.2. The van der Waals surface area contributed by atoms with Crippen LogP contribution in [0.25, 0.3) is 0 Å². The van der Waals surface area contributed by atoms with Gasteiger partial charge in [0, 0.05) is 18.3 Å². The molecule has 1 fully saturated rings. The van der Waals surface area contributed by atoms with Crippen LogP contribution in [0.15, 0.2) is 24.4 Å². The Morgan fingerprint density at radius 3 is 2.82 bits per heavy atom. The molecule has 2 nitrogen and oxygen atoms in total. The van der Waals surface area contributed by atoms with Crippen molar-refractivity contribution in [2.75, 3.05) is 0 Å². The van der Waals surface area contributed by atoms with Gasteiger partial charge in [0.05, 0.1) is 5.69 Å². The molecule has 0 saturated heterocycles. The number of nitrogens with zero attached hydrogens (tertiary/aromatic N) is 1. The number of rotatable bonds is 3. The van der Waals surface area contributed by atoms with Crippen molar-refractivity contribution >= 4 is 0 Å². The van der Waals surface area contributed by atoms with Crippen molar-refractivity contribution in [3.8, 4) is 0 Å². The molecule has 4 atom stereocenters. The Balaban J connectivity index is 1.96. The van der Waals surface area contributed by atoms with Crippen molar-refractivity contribution in [3.05, 3.63) is 30.1 Å². The van der Waals surface area contributed by atoms with E-state index >= 15 is 0 Å². The largest absolute Gasteiger partial charge is 0.306 e. The van der Waals surface area contributed by atoms with Gasteiger partial charge in [0.2, 0.25) is 0 Å². The Morgan fingerprint density at radius 1 is 1.29 bits per heavy atom. The van der Waals surface area contributed by atoms with Crippen LogP contribution in [0.5, 0.6) is 0 Å². The molecule has 2 rings (SSSR count). The van der Waals surface area contributed by atoms with Crippen LogP contribution < -0.4 is 5.32 Å². The van der Waals surface area contributed by atoms with Crippen LogP contribution in [-0.2, 0) is 0 Å². The van der Waals surface area contributed by atoms with Gasteiger partial charge >= 0.3 is 0 Å². The van der Waals surface area contributed by atoms with E-state index in [1.807, 2.05) is 12.3 Å². The molecule has 1 saturated carbocycles. The average molecular weight is 232 g/mol. The van der Waals surface area contributed by atoms with Crippen LogP contribution in [0.1, 0.15) is 51.8 Å². The summed E-state index contributed by atoms with van der Waals surface area (Å²) in [6, 6.07) is 7.15. The third kappa shape index (κ3) is 3.06. The van der Waals surface area contributed by atoms with Crippen LogP contribution in [0, 0.1) is 11.8 Å². The van der Waals surface area contributed by atoms with Crippen molar-refractivity contribution in [1.82, 2.24) is 10.3 Å². The van der Waals surface area contributed by atoms with E-state index in [1.165, 1.54) is 19.3 Å². The minimum atomic E-state index is 0.356. The number of hydrogen-bond acceptors (Lipinski definition) is 2. The van der Waals surface area contributed by atoms with Crippen LogP contribution in [0.2, 0.25) is 0 Å². The summed E-state index contributed by atoms with van der Waals surface area (Å²) in [6.07, 6.45) is 5.93. The predicted octanol–water partition coefficient (Wildman–Crippen LogP) is 3.56. The minimum absolute atomic E-state index is 0.356. The molecule has 0 aliphatic heterocycles. The van der Waals surface area contributed by atoms with E-state index in [0.29, 0.717) is 12.1 Å². The van der Waals surface area contributed by atoms with Crippen molar-refractivity contribution < 1.29 is 0 Å². The Bertz CT molecular complexity index is 336. The van der Waals surface area contributed by atoms with Crippen molar-refractivity contribution in [2.45, 2.75) is 52.1 Å². The van der Waals surface area contributed by atoms with Crippen molar-refractivity contribution in [2.24, 2.45) is 11.8 Å². The molecule has 1 heterocycles. The molecule has 1 N–H and O–H groups in total. The van der Waals surface area contributed by atoms with Gasteiger partial charge in [-0.25, -0.2) is 0 Å². The van der Waals surface area contributed by atoms with Crippen LogP contribution in [0.3, 0.4) is 0 Å². The Labute approximate surface area is 105 Å². The van der Waals surface area contributed by atoms with Gasteiger partial charge in [0.15, 0.2) is 0 Å². The first-order chi connectivity index (χ1) is 8.18. The maximum absolute atomic E-state index is 4.43. The molecule has 1 aliphatic carbocycles. The highest BCUT2D eigenvalue weighted by atomic mass is 15.0. The van der Waals surface area contributed by atoms with Gasteiger partial charge in [0.1, 0.15) is 0 Å². The van der Waals surface area contributed by atoms with Gasteiger partial charge in [-0.2, -0.15) is 0 Å². The Morgan fingerprint density at radius 2 is 2.12 bits per heavy atom. The van der Waals surface area contributed by atoms with Crippen LogP contribution >= 0.6 is 0 Å². The zero-order valence-corrected chi connectivity index (χ0v) is 11.2. The lowest BCUT2D eigenvalue weighted by molar-refractivity contribution is 0.195. The summed E-state index contributed by atoms with van der Waals surface area (Å²) in [5.41, 5.74) is 1.15. The molecule has 3 unspecified atom stereocenters. The van der Waals surface area contributed by atoms with E-state index in [0.717, 1.165) is 17.5 Å². The lowest BCUT2D eigenvalue weighted by Gasteiger charge is -2.36. The molecule has 2 heteroatoms. The predicted molar refractivity (Wildman–Crippen MR) is 71.8 cm³/mol. The van der Waals surface area contributed by atoms with Crippen LogP contribution in [-0.4, -0.2) is 11.0 Å². The highest BCUT2D eigenvalue weighted by Crippen LogP contribution is 2.30. The quantitative estimate of drug-likeness (QED) is 0.862. The lowest BCUT2D eigenvalue weighted by atomic mass is 9.78. The van der Waals surface area contributed by atoms with Gasteiger partial charge in [-0.05, 0) is 37.3 Å². The summed E-state index contributed by atoms with van der Waals surface area (Å²) in [6.45, 7) is 6.98. The molecule has 94 valence electrons. The number of hydrogen-bond donors (Lipinski definition) is 1. The summed E-state index contributed by atoms with van der Waals surface area (Å²) in [4.78, 5) is 4.43.